The van der Waals surface area contributed by atoms with Gasteiger partial charge in [0.15, 0.2) is 0 Å². The largest absolute Gasteiger partial charge is 0.323 e. The van der Waals surface area contributed by atoms with Crippen LogP contribution in [-0.4, -0.2) is 21.5 Å². The number of rotatable bonds is 5. The zero-order chi connectivity index (χ0) is 13.7. The van der Waals surface area contributed by atoms with Gasteiger partial charge < -0.3 is 15.6 Å². The first-order chi connectivity index (χ1) is 9.22. The fourth-order valence-electron chi connectivity index (χ4n) is 1.72. The Kier molecular flexibility index (Phi) is 4.10. The third-order valence-corrected chi connectivity index (χ3v) is 2.70. The summed E-state index contributed by atoms with van der Waals surface area (Å²) in [4.78, 5) is 15.9. The van der Waals surface area contributed by atoms with Gasteiger partial charge in [-0.15, -0.1) is 6.58 Å². The van der Waals surface area contributed by atoms with E-state index in [-0.39, 0.29) is 5.91 Å². The number of hydrogen-bond donors (Lipinski definition) is 2. The second-order valence-electron chi connectivity index (χ2n) is 4.11. The highest BCUT2D eigenvalue weighted by Crippen LogP contribution is 2.19. The van der Waals surface area contributed by atoms with E-state index in [9.17, 15) is 4.79 Å². The average molecular weight is 256 g/mol. The smallest absolute Gasteiger partial charge is 0.241 e. The van der Waals surface area contributed by atoms with E-state index in [4.69, 9.17) is 5.73 Å². The number of amides is 1. The molecule has 0 aliphatic carbocycles. The second-order valence-corrected chi connectivity index (χ2v) is 4.11. The van der Waals surface area contributed by atoms with Crippen LogP contribution >= 0.6 is 0 Å². The number of hydrogen-bond acceptors (Lipinski definition) is 3. The zero-order valence-corrected chi connectivity index (χ0v) is 10.5. The standard InChI is InChI=1S/C14H16N4O/c1-2-5-11(15)14(19)17-12-6-3-4-7-13(12)18-9-8-16-10-18/h2-4,6-11H,1,5,15H2,(H,17,19). The molecule has 0 aliphatic heterocycles. The molecule has 0 spiro atoms. The highest BCUT2D eigenvalue weighted by molar-refractivity contribution is 5.96. The van der Waals surface area contributed by atoms with Gasteiger partial charge in [0.25, 0.3) is 0 Å². The molecular weight excluding hydrogens is 240 g/mol. The molecule has 0 aliphatic rings. The van der Waals surface area contributed by atoms with Gasteiger partial charge in [-0.1, -0.05) is 18.2 Å². The minimum atomic E-state index is -0.589. The summed E-state index contributed by atoms with van der Waals surface area (Å²) < 4.78 is 1.83. The number of para-hydroxylation sites is 2. The van der Waals surface area contributed by atoms with Crippen molar-refractivity contribution >= 4 is 11.6 Å². The van der Waals surface area contributed by atoms with Crippen molar-refractivity contribution in [1.82, 2.24) is 9.55 Å². The SMILES string of the molecule is C=CCC(N)C(=O)Nc1ccccc1-n1ccnc1. The number of carbonyl (C=O) groups is 1. The van der Waals surface area contributed by atoms with Gasteiger partial charge in [0.05, 0.1) is 23.7 Å². The topological polar surface area (TPSA) is 72.9 Å². The van der Waals surface area contributed by atoms with E-state index in [1.165, 1.54) is 0 Å². The molecule has 0 bridgehead atoms. The first kappa shape index (κ1) is 13.0. The van der Waals surface area contributed by atoms with Gasteiger partial charge in [-0.25, -0.2) is 4.98 Å². The lowest BCUT2D eigenvalue weighted by molar-refractivity contribution is -0.117. The van der Waals surface area contributed by atoms with Crippen LogP contribution in [0.4, 0.5) is 5.69 Å². The van der Waals surface area contributed by atoms with Crippen LogP contribution in [0.2, 0.25) is 0 Å². The molecule has 3 N–H and O–H groups in total. The third kappa shape index (κ3) is 3.08. The average Bonchev–Trinajstić information content (AvgIpc) is 2.93. The van der Waals surface area contributed by atoms with Crippen LogP contribution in [0.3, 0.4) is 0 Å². The molecule has 2 rings (SSSR count). The Labute approximate surface area is 111 Å². The Morgan fingerprint density at radius 2 is 2.32 bits per heavy atom. The monoisotopic (exact) mass is 256 g/mol. The van der Waals surface area contributed by atoms with Crippen LogP contribution in [0.5, 0.6) is 0 Å². The second kappa shape index (κ2) is 5.97. The third-order valence-electron chi connectivity index (χ3n) is 2.70. The van der Waals surface area contributed by atoms with E-state index in [1.807, 2.05) is 35.0 Å². The first-order valence-corrected chi connectivity index (χ1v) is 5.97. The van der Waals surface area contributed by atoms with Crippen molar-refractivity contribution in [2.24, 2.45) is 5.73 Å². The van der Waals surface area contributed by atoms with Crippen molar-refractivity contribution in [2.75, 3.05) is 5.32 Å². The molecule has 98 valence electrons. The van der Waals surface area contributed by atoms with Crippen molar-refractivity contribution in [2.45, 2.75) is 12.5 Å². The Balaban J connectivity index is 2.21. The Hall–Kier alpha value is -2.40. The molecule has 0 saturated heterocycles. The van der Waals surface area contributed by atoms with E-state index < -0.39 is 6.04 Å². The maximum absolute atomic E-state index is 11.9. The van der Waals surface area contributed by atoms with Crippen LogP contribution in [-0.2, 0) is 4.79 Å². The van der Waals surface area contributed by atoms with E-state index in [0.29, 0.717) is 12.1 Å². The number of carbonyl (C=O) groups excluding carboxylic acids is 1. The molecule has 0 saturated carbocycles. The minimum Gasteiger partial charge on any atom is -0.323 e. The number of nitrogens with zero attached hydrogens (tertiary/aromatic N) is 2. The van der Waals surface area contributed by atoms with E-state index in [2.05, 4.69) is 16.9 Å². The van der Waals surface area contributed by atoms with Gasteiger partial charge in [0.1, 0.15) is 0 Å². The quantitative estimate of drug-likeness (QED) is 0.800. The van der Waals surface area contributed by atoms with Crippen LogP contribution in [0.25, 0.3) is 5.69 Å². The maximum Gasteiger partial charge on any atom is 0.241 e. The number of imidazole rings is 1. The van der Waals surface area contributed by atoms with Crippen LogP contribution < -0.4 is 11.1 Å². The molecule has 1 unspecified atom stereocenters. The van der Waals surface area contributed by atoms with Crippen LogP contribution in [0.1, 0.15) is 6.42 Å². The van der Waals surface area contributed by atoms with Gasteiger partial charge in [0, 0.05) is 12.4 Å². The molecule has 1 heterocycles. The summed E-state index contributed by atoms with van der Waals surface area (Å²) in [7, 11) is 0. The predicted octanol–water partition coefficient (Wildman–Crippen LogP) is 1.71. The molecule has 1 aromatic carbocycles. The molecule has 0 radical (unpaired) electrons. The summed E-state index contributed by atoms with van der Waals surface area (Å²) in [5.41, 5.74) is 7.29. The lowest BCUT2D eigenvalue weighted by atomic mass is 10.2. The number of anilines is 1. The van der Waals surface area contributed by atoms with Crippen molar-refractivity contribution in [3.05, 3.63) is 55.6 Å². The van der Waals surface area contributed by atoms with Crippen LogP contribution in [0.15, 0.2) is 55.6 Å². The number of nitrogens with two attached hydrogens (primary N) is 1. The highest BCUT2D eigenvalue weighted by Gasteiger charge is 2.13. The lowest BCUT2D eigenvalue weighted by Gasteiger charge is -2.14. The summed E-state index contributed by atoms with van der Waals surface area (Å²) in [5.74, 6) is -0.229. The molecule has 5 nitrogen and oxygen atoms in total. The van der Waals surface area contributed by atoms with E-state index in [0.717, 1.165) is 5.69 Å². The molecular formula is C14H16N4O. The van der Waals surface area contributed by atoms with Gasteiger partial charge in [-0.2, -0.15) is 0 Å². The molecule has 5 heteroatoms. The van der Waals surface area contributed by atoms with Crippen molar-refractivity contribution < 1.29 is 4.79 Å². The Morgan fingerprint density at radius 1 is 1.53 bits per heavy atom. The molecule has 1 atom stereocenters. The van der Waals surface area contributed by atoms with Gasteiger partial charge >= 0.3 is 0 Å². The maximum atomic E-state index is 11.9. The number of aromatic nitrogens is 2. The molecule has 1 aromatic heterocycles. The van der Waals surface area contributed by atoms with Gasteiger partial charge in [0.2, 0.25) is 5.91 Å². The lowest BCUT2D eigenvalue weighted by Crippen LogP contribution is -2.35. The zero-order valence-electron chi connectivity index (χ0n) is 10.5. The van der Waals surface area contributed by atoms with Crippen molar-refractivity contribution in [1.29, 1.82) is 0 Å². The molecule has 0 fully saturated rings. The minimum absolute atomic E-state index is 0.229. The predicted molar refractivity (Wildman–Crippen MR) is 75.0 cm³/mol. The fourth-order valence-corrected chi connectivity index (χ4v) is 1.72. The first-order valence-electron chi connectivity index (χ1n) is 5.97. The summed E-state index contributed by atoms with van der Waals surface area (Å²) in [6, 6.07) is 6.89. The van der Waals surface area contributed by atoms with Gasteiger partial charge in [-0.05, 0) is 18.6 Å². The summed E-state index contributed by atoms with van der Waals surface area (Å²) in [6.07, 6.45) is 7.25. The van der Waals surface area contributed by atoms with Crippen LogP contribution in [0, 0.1) is 0 Å². The van der Waals surface area contributed by atoms with E-state index >= 15 is 0 Å². The Morgan fingerprint density at radius 3 is 3.00 bits per heavy atom. The van der Waals surface area contributed by atoms with E-state index in [1.54, 1.807) is 18.6 Å². The molecule has 2 aromatic rings. The highest BCUT2D eigenvalue weighted by atomic mass is 16.2. The fraction of sp³-hybridized carbons (Fsp3) is 0.143. The summed E-state index contributed by atoms with van der Waals surface area (Å²) in [6.45, 7) is 3.58. The normalized spacial score (nSPS) is 11.8. The molecule has 1 amide bonds. The summed E-state index contributed by atoms with van der Waals surface area (Å²) in [5, 5.41) is 2.82. The van der Waals surface area contributed by atoms with Crippen molar-refractivity contribution in [3.8, 4) is 5.69 Å². The van der Waals surface area contributed by atoms with Crippen molar-refractivity contribution in [3.63, 3.8) is 0 Å². The summed E-state index contributed by atoms with van der Waals surface area (Å²) >= 11 is 0. The Bertz CT molecular complexity index is 563. The van der Waals surface area contributed by atoms with Gasteiger partial charge in [-0.3, -0.25) is 4.79 Å². The number of benzene rings is 1. The number of nitrogens with one attached hydrogen (secondary N) is 1. The molecule has 19 heavy (non-hydrogen) atoms.